The third-order valence-corrected chi connectivity index (χ3v) is 6.90. The molecule has 0 fully saturated rings. The maximum absolute atomic E-state index is 13.4. The minimum atomic E-state index is -3.78. The SMILES string of the molecule is CCN(CC)c1ccc(CN(Cc2ccco2)C(=O)c2ccccc2Cl)c(OS(=O)(=O)CC)c1. The van der Waals surface area contributed by atoms with E-state index in [0.29, 0.717) is 21.9 Å². The monoisotopic (exact) mass is 504 g/mol. The van der Waals surface area contributed by atoms with Crippen LogP contribution >= 0.6 is 11.6 Å². The number of rotatable bonds is 11. The number of carbonyl (C=O) groups excluding carboxylic acids is 1. The smallest absolute Gasteiger partial charge is 0.308 e. The molecule has 2 aromatic carbocycles. The van der Waals surface area contributed by atoms with Gasteiger partial charge in [-0.2, -0.15) is 8.42 Å². The Kier molecular flexibility index (Phi) is 8.63. The Morgan fingerprint density at radius 2 is 1.74 bits per heavy atom. The van der Waals surface area contributed by atoms with Crippen LogP contribution in [0.1, 0.15) is 42.5 Å². The normalized spacial score (nSPS) is 11.3. The zero-order valence-electron chi connectivity index (χ0n) is 19.5. The van der Waals surface area contributed by atoms with Gasteiger partial charge in [0.15, 0.2) is 0 Å². The molecule has 0 saturated carbocycles. The van der Waals surface area contributed by atoms with E-state index >= 15 is 0 Å². The molecule has 1 heterocycles. The molecule has 1 aromatic heterocycles. The van der Waals surface area contributed by atoms with Crippen molar-refractivity contribution in [2.45, 2.75) is 33.9 Å². The fourth-order valence-corrected chi connectivity index (χ4v) is 4.30. The van der Waals surface area contributed by atoms with Crippen LogP contribution in [-0.2, 0) is 23.2 Å². The number of amides is 1. The number of hydrogen-bond donors (Lipinski definition) is 0. The molecular formula is C25H29ClN2O5S. The predicted octanol–water partition coefficient (Wildman–Crippen LogP) is 5.35. The zero-order valence-corrected chi connectivity index (χ0v) is 21.1. The molecule has 0 unspecified atom stereocenters. The van der Waals surface area contributed by atoms with Gasteiger partial charge < -0.3 is 18.4 Å². The van der Waals surface area contributed by atoms with Crippen LogP contribution in [-0.4, -0.2) is 38.1 Å². The van der Waals surface area contributed by atoms with E-state index in [1.807, 2.05) is 19.9 Å². The van der Waals surface area contributed by atoms with Crippen molar-refractivity contribution in [3.63, 3.8) is 0 Å². The van der Waals surface area contributed by atoms with E-state index < -0.39 is 10.1 Å². The molecule has 9 heteroatoms. The van der Waals surface area contributed by atoms with Crippen molar-refractivity contribution >= 4 is 33.3 Å². The molecule has 0 radical (unpaired) electrons. The number of furan rings is 1. The van der Waals surface area contributed by atoms with Gasteiger partial charge in [-0.15, -0.1) is 0 Å². The number of nitrogens with zero attached hydrogens (tertiary/aromatic N) is 2. The minimum absolute atomic E-state index is 0.0951. The topological polar surface area (TPSA) is 80.1 Å². The van der Waals surface area contributed by atoms with Crippen molar-refractivity contribution in [1.82, 2.24) is 4.90 Å². The van der Waals surface area contributed by atoms with Crippen LogP contribution < -0.4 is 9.08 Å². The highest BCUT2D eigenvalue weighted by atomic mass is 35.5. The number of carbonyl (C=O) groups is 1. The van der Waals surface area contributed by atoms with E-state index in [4.69, 9.17) is 20.2 Å². The lowest BCUT2D eigenvalue weighted by Gasteiger charge is -2.26. The largest absolute Gasteiger partial charge is 0.467 e. The lowest BCUT2D eigenvalue weighted by Crippen LogP contribution is -2.30. The van der Waals surface area contributed by atoms with Gasteiger partial charge in [-0.3, -0.25) is 4.79 Å². The second-order valence-corrected chi connectivity index (χ2v) is 9.88. The zero-order chi connectivity index (χ0) is 24.7. The molecule has 3 aromatic rings. The molecule has 0 saturated heterocycles. The maximum atomic E-state index is 13.4. The Hall–Kier alpha value is -2.97. The molecule has 182 valence electrons. The summed E-state index contributed by atoms with van der Waals surface area (Å²) in [6.45, 7) is 7.35. The van der Waals surface area contributed by atoms with Crippen LogP contribution in [0.2, 0.25) is 5.02 Å². The van der Waals surface area contributed by atoms with Crippen LogP contribution in [0.4, 0.5) is 5.69 Å². The van der Waals surface area contributed by atoms with Crippen LogP contribution in [0.5, 0.6) is 5.75 Å². The first-order chi connectivity index (χ1) is 16.3. The summed E-state index contributed by atoms with van der Waals surface area (Å²) >= 11 is 6.29. The lowest BCUT2D eigenvalue weighted by atomic mass is 10.1. The van der Waals surface area contributed by atoms with Gasteiger partial charge in [-0.05, 0) is 51.1 Å². The van der Waals surface area contributed by atoms with Crippen molar-refractivity contribution in [1.29, 1.82) is 0 Å². The van der Waals surface area contributed by atoms with Crippen LogP contribution in [0.25, 0.3) is 0 Å². The summed E-state index contributed by atoms with van der Waals surface area (Å²) in [7, 11) is -3.78. The highest BCUT2D eigenvalue weighted by Gasteiger charge is 2.23. The molecule has 0 aliphatic heterocycles. The fourth-order valence-electron chi connectivity index (χ4n) is 3.53. The molecular weight excluding hydrogens is 476 g/mol. The highest BCUT2D eigenvalue weighted by Crippen LogP contribution is 2.30. The number of anilines is 1. The van der Waals surface area contributed by atoms with Crippen LogP contribution in [0.15, 0.2) is 65.3 Å². The third kappa shape index (κ3) is 6.33. The first kappa shape index (κ1) is 25.6. The molecule has 0 N–H and O–H groups in total. The van der Waals surface area contributed by atoms with Crippen molar-refractivity contribution in [3.8, 4) is 5.75 Å². The van der Waals surface area contributed by atoms with Gasteiger partial charge in [-0.25, -0.2) is 0 Å². The average molecular weight is 505 g/mol. The summed E-state index contributed by atoms with van der Waals surface area (Å²) < 4.78 is 35.6. The van der Waals surface area contributed by atoms with E-state index in [1.165, 1.54) is 13.2 Å². The van der Waals surface area contributed by atoms with E-state index in [0.717, 1.165) is 18.8 Å². The van der Waals surface area contributed by atoms with Crippen molar-refractivity contribution < 1.29 is 21.8 Å². The Morgan fingerprint density at radius 3 is 2.35 bits per heavy atom. The maximum Gasteiger partial charge on any atom is 0.308 e. The second-order valence-electron chi connectivity index (χ2n) is 7.61. The Balaban J connectivity index is 2.02. The van der Waals surface area contributed by atoms with Crippen molar-refractivity contribution in [2.75, 3.05) is 23.7 Å². The molecule has 0 bridgehead atoms. The molecule has 0 spiro atoms. The summed E-state index contributed by atoms with van der Waals surface area (Å²) in [6, 6.07) is 15.7. The molecule has 0 atom stereocenters. The Labute approximate surface area is 206 Å². The van der Waals surface area contributed by atoms with E-state index in [1.54, 1.807) is 53.4 Å². The summed E-state index contributed by atoms with van der Waals surface area (Å²) in [5, 5.41) is 0.332. The average Bonchev–Trinajstić information content (AvgIpc) is 3.34. The van der Waals surface area contributed by atoms with Crippen LogP contribution in [0.3, 0.4) is 0 Å². The van der Waals surface area contributed by atoms with Gasteiger partial charge in [0.2, 0.25) is 0 Å². The van der Waals surface area contributed by atoms with Gasteiger partial charge >= 0.3 is 10.1 Å². The summed E-state index contributed by atoms with van der Waals surface area (Å²) in [6.07, 6.45) is 1.54. The Bertz CT molecular complexity index is 1210. The molecule has 0 aliphatic carbocycles. The number of benzene rings is 2. The fraction of sp³-hybridized carbons (Fsp3) is 0.320. The van der Waals surface area contributed by atoms with Gasteiger partial charge in [0.1, 0.15) is 11.5 Å². The van der Waals surface area contributed by atoms with Gasteiger partial charge in [0.25, 0.3) is 5.91 Å². The molecule has 0 aliphatic rings. The van der Waals surface area contributed by atoms with E-state index in [-0.39, 0.29) is 30.5 Å². The van der Waals surface area contributed by atoms with Gasteiger partial charge in [0.05, 0.1) is 35.7 Å². The predicted molar refractivity (Wildman–Crippen MR) is 134 cm³/mol. The molecule has 1 amide bonds. The lowest BCUT2D eigenvalue weighted by molar-refractivity contribution is 0.0717. The van der Waals surface area contributed by atoms with E-state index in [9.17, 15) is 13.2 Å². The quantitative estimate of drug-likeness (QED) is 0.327. The van der Waals surface area contributed by atoms with Crippen molar-refractivity contribution in [3.05, 3.63) is 82.8 Å². The third-order valence-electron chi connectivity index (χ3n) is 5.43. The molecule has 7 nitrogen and oxygen atoms in total. The first-order valence-corrected chi connectivity index (χ1v) is 13.1. The summed E-state index contributed by atoms with van der Waals surface area (Å²) in [5.74, 6) is 0.307. The first-order valence-electron chi connectivity index (χ1n) is 11.1. The van der Waals surface area contributed by atoms with Crippen molar-refractivity contribution in [2.24, 2.45) is 0 Å². The highest BCUT2D eigenvalue weighted by molar-refractivity contribution is 7.87. The molecule has 3 rings (SSSR count). The Morgan fingerprint density at radius 1 is 1.00 bits per heavy atom. The van der Waals surface area contributed by atoms with Crippen LogP contribution in [0, 0.1) is 0 Å². The van der Waals surface area contributed by atoms with E-state index in [2.05, 4.69) is 4.90 Å². The standard InChI is InChI=1S/C25H29ClN2O5S/c1-4-27(5-2)20-14-13-19(24(16-20)33-34(30,31)6-3)17-28(18-21-10-9-15-32-21)25(29)22-11-7-8-12-23(22)26/h7-16H,4-6,17-18H2,1-3H3. The second kappa shape index (κ2) is 11.4. The summed E-state index contributed by atoms with van der Waals surface area (Å²) in [4.78, 5) is 17.1. The number of hydrogen-bond acceptors (Lipinski definition) is 6. The number of halogens is 1. The van der Waals surface area contributed by atoms with Gasteiger partial charge in [-0.1, -0.05) is 29.8 Å². The molecule has 34 heavy (non-hydrogen) atoms. The van der Waals surface area contributed by atoms with Gasteiger partial charge in [0, 0.05) is 30.4 Å². The summed E-state index contributed by atoms with van der Waals surface area (Å²) in [5.41, 5.74) is 1.74. The minimum Gasteiger partial charge on any atom is -0.467 e.